The number of pyridine rings is 1. The number of hydrogen-bond acceptors (Lipinski definition) is 2. The van der Waals surface area contributed by atoms with Gasteiger partial charge in [-0.05, 0) is 36.8 Å². The number of aryl methyl sites for hydroxylation is 1. The van der Waals surface area contributed by atoms with Crippen molar-refractivity contribution >= 4 is 11.6 Å². The SMILES string of the molecule is Cc1cccc(Cn2cccc(C(=O)Nc3ccc(F)c(F)c3)c2=O)c1. The van der Waals surface area contributed by atoms with Crippen molar-refractivity contribution in [2.45, 2.75) is 13.5 Å². The Balaban J connectivity index is 1.85. The lowest BCUT2D eigenvalue weighted by atomic mass is 10.1. The lowest BCUT2D eigenvalue weighted by molar-refractivity contribution is 0.102. The Hall–Kier alpha value is -3.28. The quantitative estimate of drug-likeness (QED) is 0.776. The molecule has 6 heteroatoms. The van der Waals surface area contributed by atoms with E-state index in [4.69, 9.17) is 0 Å². The van der Waals surface area contributed by atoms with Crippen LogP contribution in [0.15, 0.2) is 65.6 Å². The van der Waals surface area contributed by atoms with Crippen molar-refractivity contribution in [3.8, 4) is 0 Å². The van der Waals surface area contributed by atoms with Gasteiger partial charge in [0.25, 0.3) is 11.5 Å². The van der Waals surface area contributed by atoms with E-state index < -0.39 is 23.1 Å². The van der Waals surface area contributed by atoms with Gasteiger partial charge in [-0.15, -0.1) is 0 Å². The molecule has 0 aliphatic heterocycles. The number of benzene rings is 2. The highest BCUT2D eigenvalue weighted by molar-refractivity contribution is 6.03. The first-order chi connectivity index (χ1) is 12.4. The number of carbonyl (C=O) groups excluding carboxylic acids is 1. The van der Waals surface area contributed by atoms with Gasteiger partial charge in [-0.1, -0.05) is 29.8 Å². The van der Waals surface area contributed by atoms with Crippen LogP contribution in [0.25, 0.3) is 0 Å². The molecule has 26 heavy (non-hydrogen) atoms. The van der Waals surface area contributed by atoms with Crippen molar-refractivity contribution in [3.63, 3.8) is 0 Å². The van der Waals surface area contributed by atoms with Gasteiger partial charge < -0.3 is 9.88 Å². The molecule has 0 spiro atoms. The molecule has 1 aromatic heterocycles. The molecular formula is C20H16F2N2O2. The summed E-state index contributed by atoms with van der Waals surface area (Å²) < 4.78 is 27.7. The molecule has 132 valence electrons. The number of hydrogen-bond donors (Lipinski definition) is 1. The van der Waals surface area contributed by atoms with Crippen molar-refractivity contribution in [2.24, 2.45) is 0 Å². The lowest BCUT2D eigenvalue weighted by Crippen LogP contribution is -2.29. The fourth-order valence-electron chi connectivity index (χ4n) is 2.61. The third kappa shape index (κ3) is 3.85. The zero-order chi connectivity index (χ0) is 18.7. The van der Waals surface area contributed by atoms with Crippen LogP contribution < -0.4 is 10.9 Å². The minimum atomic E-state index is -1.08. The highest BCUT2D eigenvalue weighted by atomic mass is 19.2. The first-order valence-corrected chi connectivity index (χ1v) is 7.95. The highest BCUT2D eigenvalue weighted by Crippen LogP contribution is 2.14. The Morgan fingerprint density at radius 3 is 2.58 bits per heavy atom. The summed E-state index contributed by atoms with van der Waals surface area (Å²) in [5, 5.41) is 2.41. The minimum Gasteiger partial charge on any atom is -0.322 e. The summed E-state index contributed by atoms with van der Waals surface area (Å²) in [4.78, 5) is 24.9. The number of rotatable bonds is 4. The maximum absolute atomic E-state index is 13.3. The second kappa shape index (κ2) is 7.31. The van der Waals surface area contributed by atoms with Crippen LogP contribution in [0.1, 0.15) is 21.5 Å². The maximum Gasteiger partial charge on any atom is 0.263 e. The van der Waals surface area contributed by atoms with Crippen molar-refractivity contribution in [1.82, 2.24) is 4.57 Å². The van der Waals surface area contributed by atoms with Crippen LogP contribution in [0.2, 0.25) is 0 Å². The first kappa shape index (κ1) is 17.5. The molecule has 0 saturated heterocycles. The average Bonchev–Trinajstić information content (AvgIpc) is 2.60. The standard InChI is InChI=1S/C20H16F2N2O2/c1-13-4-2-5-14(10-13)12-24-9-3-6-16(20(24)26)19(25)23-15-7-8-17(21)18(22)11-15/h2-11H,12H2,1H3,(H,23,25). The van der Waals surface area contributed by atoms with Gasteiger partial charge in [0.05, 0.1) is 6.54 Å². The van der Waals surface area contributed by atoms with Crippen LogP contribution in [0.4, 0.5) is 14.5 Å². The van der Waals surface area contributed by atoms with Gasteiger partial charge in [-0.3, -0.25) is 9.59 Å². The topological polar surface area (TPSA) is 51.1 Å². The summed E-state index contributed by atoms with van der Waals surface area (Å²) in [5.74, 6) is -2.77. The normalized spacial score (nSPS) is 10.6. The molecule has 0 radical (unpaired) electrons. The van der Waals surface area contributed by atoms with Crippen molar-refractivity contribution < 1.29 is 13.6 Å². The highest BCUT2D eigenvalue weighted by Gasteiger charge is 2.13. The van der Waals surface area contributed by atoms with Crippen molar-refractivity contribution in [3.05, 3.63) is 99.5 Å². The molecule has 0 bridgehead atoms. The fourth-order valence-corrected chi connectivity index (χ4v) is 2.61. The van der Waals surface area contributed by atoms with Crippen LogP contribution in [0.3, 0.4) is 0 Å². The smallest absolute Gasteiger partial charge is 0.263 e. The van der Waals surface area contributed by atoms with Crippen LogP contribution >= 0.6 is 0 Å². The third-order valence-corrected chi connectivity index (χ3v) is 3.88. The Kier molecular flexibility index (Phi) is 4.93. The molecule has 0 aliphatic carbocycles. The van der Waals surface area contributed by atoms with E-state index in [1.807, 2.05) is 31.2 Å². The van der Waals surface area contributed by atoms with E-state index in [0.717, 1.165) is 23.3 Å². The summed E-state index contributed by atoms with van der Waals surface area (Å²) in [6.07, 6.45) is 1.60. The number of carbonyl (C=O) groups is 1. The van der Waals surface area contributed by atoms with Gasteiger partial charge in [-0.25, -0.2) is 8.78 Å². The molecule has 1 heterocycles. The predicted molar refractivity (Wildman–Crippen MR) is 95.3 cm³/mol. The lowest BCUT2D eigenvalue weighted by Gasteiger charge is -2.09. The van der Waals surface area contributed by atoms with Gasteiger partial charge in [0, 0.05) is 18.0 Å². The molecule has 0 fully saturated rings. The predicted octanol–water partition coefficient (Wildman–Crippen LogP) is 3.74. The molecule has 3 rings (SSSR count). The van der Waals surface area contributed by atoms with Gasteiger partial charge in [0.15, 0.2) is 11.6 Å². The summed E-state index contributed by atoms with van der Waals surface area (Å²) >= 11 is 0. The second-order valence-corrected chi connectivity index (χ2v) is 5.93. The maximum atomic E-state index is 13.3. The minimum absolute atomic E-state index is 0.0717. The first-order valence-electron chi connectivity index (χ1n) is 7.95. The number of nitrogens with one attached hydrogen (secondary N) is 1. The molecule has 1 amide bonds. The summed E-state index contributed by atoms with van der Waals surface area (Å²) in [5.41, 5.74) is 1.54. The Morgan fingerprint density at radius 1 is 1.04 bits per heavy atom. The van der Waals surface area contributed by atoms with Crippen molar-refractivity contribution in [1.29, 1.82) is 0 Å². The monoisotopic (exact) mass is 354 g/mol. The van der Waals surface area contributed by atoms with Gasteiger partial charge in [-0.2, -0.15) is 0 Å². The summed E-state index contributed by atoms with van der Waals surface area (Å²) in [6, 6.07) is 13.7. The molecule has 0 atom stereocenters. The largest absolute Gasteiger partial charge is 0.322 e. The van der Waals surface area contributed by atoms with Gasteiger partial charge >= 0.3 is 0 Å². The number of nitrogens with zero attached hydrogens (tertiary/aromatic N) is 1. The Bertz CT molecular complexity index is 1030. The van der Waals surface area contributed by atoms with E-state index in [2.05, 4.69) is 5.32 Å². The zero-order valence-corrected chi connectivity index (χ0v) is 14.0. The van der Waals surface area contributed by atoms with Gasteiger partial charge in [0.1, 0.15) is 5.56 Å². The van der Waals surface area contributed by atoms with Crippen LogP contribution in [-0.2, 0) is 6.54 Å². The summed E-state index contributed by atoms with van der Waals surface area (Å²) in [6.45, 7) is 2.28. The van der Waals surface area contributed by atoms with E-state index >= 15 is 0 Å². The van der Waals surface area contributed by atoms with E-state index in [-0.39, 0.29) is 11.3 Å². The van der Waals surface area contributed by atoms with Crippen LogP contribution in [0.5, 0.6) is 0 Å². The molecule has 0 saturated carbocycles. The third-order valence-electron chi connectivity index (χ3n) is 3.88. The fraction of sp³-hybridized carbons (Fsp3) is 0.100. The number of anilines is 1. The Morgan fingerprint density at radius 2 is 1.85 bits per heavy atom. The number of aromatic nitrogens is 1. The molecule has 0 unspecified atom stereocenters. The summed E-state index contributed by atoms with van der Waals surface area (Å²) in [7, 11) is 0. The average molecular weight is 354 g/mol. The number of halogens is 2. The van der Waals surface area contributed by atoms with E-state index in [1.54, 1.807) is 12.3 Å². The van der Waals surface area contributed by atoms with Gasteiger partial charge in [0.2, 0.25) is 0 Å². The van der Waals surface area contributed by atoms with E-state index in [1.165, 1.54) is 16.7 Å². The molecule has 3 aromatic rings. The molecule has 2 aromatic carbocycles. The van der Waals surface area contributed by atoms with E-state index in [9.17, 15) is 18.4 Å². The zero-order valence-electron chi connectivity index (χ0n) is 14.0. The van der Waals surface area contributed by atoms with Crippen molar-refractivity contribution in [2.75, 3.05) is 5.32 Å². The van der Waals surface area contributed by atoms with Crippen LogP contribution in [0, 0.1) is 18.6 Å². The van der Waals surface area contributed by atoms with E-state index in [0.29, 0.717) is 6.54 Å². The molecule has 0 aliphatic rings. The molecule has 4 nitrogen and oxygen atoms in total. The second-order valence-electron chi connectivity index (χ2n) is 5.93. The number of amides is 1. The Labute approximate surface area is 148 Å². The molecular weight excluding hydrogens is 338 g/mol. The van der Waals surface area contributed by atoms with Crippen LogP contribution in [-0.4, -0.2) is 10.5 Å². The molecule has 1 N–H and O–H groups in total.